The molecule has 160 valence electrons. The molecule has 0 radical (unpaired) electrons. The molecular weight excluding hydrogens is 410 g/mol. The minimum absolute atomic E-state index is 0.0438. The number of hydrogen-bond acceptors (Lipinski definition) is 7. The Morgan fingerprint density at radius 1 is 0.906 bits per heavy atom. The van der Waals surface area contributed by atoms with Gasteiger partial charge in [0.2, 0.25) is 0 Å². The van der Waals surface area contributed by atoms with Crippen molar-refractivity contribution < 1.29 is 18.7 Å². The number of ether oxygens (including phenoxy) is 1. The molecule has 2 heterocycles. The maximum Gasteiger partial charge on any atom is 0.302 e. The van der Waals surface area contributed by atoms with Crippen LogP contribution in [-0.2, 0) is 13.2 Å². The summed E-state index contributed by atoms with van der Waals surface area (Å²) in [5, 5.41) is 5.18. The molecule has 0 aliphatic rings. The molecule has 32 heavy (non-hydrogen) atoms. The predicted molar refractivity (Wildman–Crippen MR) is 115 cm³/mol. The number of anilines is 1. The molecule has 0 bridgehead atoms. The van der Waals surface area contributed by atoms with E-state index in [4.69, 9.17) is 9.15 Å². The normalized spacial score (nSPS) is 10.4. The summed E-state index contributed by atoms with van der Waals surface area (Å²) in [5.41, 5.74) is 2.13. The largest absolute Gasteiger partial charge is 0.489 e. The number of benzene rings is 2. The second-order valence-electron chi connectivity index (χ2n) is 6.68. The molecule has 4 aromatic rings. The summed E-state index contributed by atoms with van der Waals surface area (Å²) in [5.74, 6) is -0.233. The average molecular weight is 429 g/mol. The van der Waals surface area contributed by atoms with Crippen LogP contribution in [0.1, 0.15) is 32.1 Å². The summed E-state index contributed by atoms with van der Waals surface area (Å²) >= 11 is 0. The lowest BCUT2D eigenvalue weighted by molar-refractivity contribution is 0.0944. The van der Waals surface area contributed by atoms with Crippen molar-refractivity contribution in [3.8, 4) is 5.75 Å². The van der Waals surface area contributed by atoms with Crippen molar-refractivity contribution in [3.63, 3.8) is 0 Å². The number of aromatic nitrogens is 3. The number of carbonyl (C=O) groups excluding carboxylic acids is 2. The molecular formula is C23H19N5O4. The van der Waals surface area contributed by atoms with Gasteiger partial charge in [0, 0.05) is 18.9 Å². The summed E-state index contributed by atoms with van der Waals surface area (Å²) in [6.07, 6.45) is 5.33. The Balaban J connectivity index is 1.26. The van der Waals surface area contributed by atoms with E-state index in [2.05, 4.69) is 25.6 Å². The van der Waals surface area contributed by atoms with Gasteiger partial charge in [-0.2, -0.15) is 4.98 Å². The highest BCUT2D eigenvalue weighted by atomic mass is 16.5. The maximum atomic E-state index is 12.3. The molecule has 9 heteroatoms. The average Bonchev–Trinajstić information content (AvgIpc) is 3.31. The zero-order valence-corrected chi connectivity index (χ0v) is 16.9. The van der Waals surface area contributed by atoms with Crippen LogP contribution < -0.4 is 15.4 Å². The van der Waals surface area contributed by atoms with Crippen LogP contribution in [0.5, 0.6) is 5.75 Å². The first-order valence-electron chi connectivity index (χ1n) is 9.74. The molecule has 2 amide bonds. The Hall–Kier alpha value is -4.53. The molecule has 2 aromatic carbocycles. The van der Waals surface area contributed by atoms with Gasteiger partial charge in [-0.15, -0.1) is 0 Å². The van der Waals surface area contributed by atoms with Crippen LogP contribution in [0.4, 0.5) is 6.01 Å². The summed E-state index contributed by atoms with van der Waals surface area (Å²) in [4.78, 5) is 36.0. The van der Waals surface area contributed by atoms with Crippen molar-refractivity contribution >= 4 is 17.8 Å². The lowest BCUT2D eigenvalue weighted by atomic mass is 10.2. The Kier molecular flexibility index (Phi) is 6.47. The van der Waals surface area contributed by atoms with E-state index >= 15 is 0 Å². The van der Waals surface area contributed by atoms with Crippen LogP contribution in [0, 0.1) is 0 Å². The van der Waals surface area contributed by atoms with Gasteiger partial charge in [-0.25, -0.2) is 4.98 Å². The fourth-order valence-electron chi connectivity index (χ4n) is 2.73. The first-order chi connectivity index (χ1) is 15.7. The summed E-state index contributed by atoms with van der Waals surface area (Å²) in [6.45, 7) is 0.782. The minimum atomic E-state index is -0.540. The van der Waals surface area contributed by atoms with Crippen molar-refractivity contribution in [2.45, 2.75) is 13.2 Å². The number of rotatable bonds is 8. The lowest BCUT2D eigenvalue weighted by Gasteiger charge is -2.08. The third-order valence-electron chi connectivity index (χ3n) is 4.38. The number of hydrogen-bond donors (Lipinski definition) is 2. The fourth-order valence-corrected chi connectivity index (χ4v) is 2.73. The van der Waals surface area contributed by atoms with Crippen molar-refractivity contribution in [2.24, 2.45) is 0 Å². The molecule has 0 aliphatic carbocycles. The fraction of sp³-hybridized carbons (Fsp3) is 0.0870. The van der Waals surface area contributed by atoms with Gasteiger partial charge in [-0.3, -0.25) is 19.9 Å². The SMILES string of the molecule is O=C(NCc1ccc(OCc2ccccc2)cc1)c1coc(NC(=O)c2cnccn2)n1. The van der Waals surface area contributed by atoms with Gasteiger partial charge in [0.05, 0.1) is 6.20 Å². The second kappa shape index (κ2) is 9.98. The van der Waals surface area contributed by atoms with Crippen molar-refractivity contribution in [1.82, 2.24) is 20.3 Å². The molecule has 0 spiro atoms. The highest BCUT2D eigenvalue weighted by molar-refractivity contribution is 6.01. The van der Waals surface area contributed by atoms with Crippen LogP contribution >= 0.6 is 0 Å². The molecule has 9 nitrogen and oxygen atoms in total. The molecule has 0 saturated carbocycles. The molecule has 2 aromatic heterocycles. The first-order valence-corrected chi connectivity index (χ1v) is 9.74. The second-order valence-corrected chi connectivity index (χ2v) is 6.68. The molecule has 0 atom stereocenters. The van der Waals surface area contributed by atoms with Crippen LogP contribution in [-0.4, -0.2) is 26.8 Å². The van der Waals surface area contributed by atoms with E-state index in [0.717, 1.165) is 16.9 Å². The van der Waals surface area contributed by atoms with Gasteiger partial charge < -0.3 is 14.5 Å². The molecule has 2 N–H and O–H groups in total. The molecule has 0 fully saturated rings. The van der Waals surface area contributed by atoms with Crippen molar-refractivity contribution in [3.05, 3.63) is 102 Å². The van der Waals surface area contributed by atoms with E-state index in [-0.39, 0.29) is 17.4 Å². The zero-order valence-electron chi connectivity index (χ0n) is 16.9. The van der Waals surface area contributed by atoms with Gasteiger partial charge >= 0.3 is 6.01 Å². The van der Waals surface area contributed by atoms with Crippen molar-refractivity contribution in [2.75, 3.05) is 5.32 Å². The summed E-state index contributed by atoms with van der Waals surface area (Å²) < 4.78 is 10.9. The van der Waals surface area contributed by atoms with E-state index in [1.165, 1.54) is 24.9 Å². The van der Waals surface area contributed by atoms with Crippen LogP contribution in [0.2, 0.25) is 0 Å². The Bertz CT molecular complexity index is 1180. The topological polar surface area (TPSA) is 119 Å². The van der Waals surface area contributed by atoms with Gasteiger partial charge in [-0.05, 0) is 23.3 Å². The predicted octanol–water partition coefficient (Wildman–Crippen LogP) is 3.23. The van der Waals surface area contributed by atoms with Gasteiger partial charge in [-0.1, -0.05) is 42.5 Å². The zero-order chi connectivity index (χ0) is 22.2. The molecule has 0 unspecified atom stereocenters. The van der Waals surface area contributed by atoms with Crippen molar-refractivity contribution in [1.29, 1.82) is 0 Å². The number of oxazole rings is 1. The van der Waals surface area contributed by atoms with E-state index in [9.17, 15) is 9.59 Å². The van der Waals surface area contributed by atoms with E-state index in [0.29, 0.717) is 13.2 Å². The maximum absolute atomic E-state index is 12.3. The lowest BCUT2D eigenvalue weighted by Crippen LogP contribution is -2.23. The highest BCUT2D eigenvalue weighted by Gasteiger charge is 2.15. The van der Waals surface area contributed by atoms with Gasteiger partial charge in [0.15, 0.2) is 5.69 Å². The monoisotopic (exact) mass is 429 g/mol. The van der Waals surface area contributed by atoms with E-state index in [1.54, 1.807) is 0 Å². The third kappa shape index (κ3) is 5.54. The summed E-state index contributed by atoms with van der Waals surface area (Å²) in [7, 11) is 0. The van der Waals surface area contributed by atoms with E-state index < -0.39 is 11.8 Å². The number of nitrogens with one attached hydrogen (secondary N) is 2. The van der Waals surface area contributed by atoms with Crippen LogP contribution in [0.25, 0.3) is 0 Å². The van der Waals surface area contributed by atoms with E-state index in [1.807, 2.05) is 54.6 Å². The minimum Gasteiger partial charge on any atom is -0.489 e. The smallest absolute Gasteiger partial charge is 0.302 e. The number of carbonyl (C=O) groups is 2. The molecule has 4 rings (SSSR count). The molecule has 0 saturated heterocycles. The number of amides is 2. The Morgan fingerprint density at radius 3 is 2.47 bits per heavy atom. The van der Waals surface area contributed by atoms with Gasteiger partial charge in [0.1, 0.15) is 24.3 Å². The number of nitrogens with zero attached hydrogens (tertiary/aromatic N) is 3. The summed E-state index contributed by atoms with van der Waals surface area (Å²) in [6, 6.07) is 17.2. The quantitative estimate of drug-likeness (QED) is 0.441. The third-order valence-corrected chi connectivity index (χ3v) is 4.38. The highest BCUT2D eigenvalue weighted by Crippen LogP contribution is 2.15. The van der Waals surface area contributed by atoms with Crippen LogP contribution in [0.15, 0.2) is 83.9 Å². The first kappa shape index (κ1) is 20.7. The Morgan fingerprint density at radius 2 is 1.72 bits per heavy atom. The molecule has 0 aliphatic heterocycles. The van der Waals surface area contributed by atoms with Gasteiger partial charge in [0.25, 0.3) is 11.8 Å². The Labute approximate surface area is 183 Å². The van der Waals surface area contributed by atoms with Crippen LogP contribution in [0.3, 0.4) is 0 Å². The standard InChI is InChI=1S/C23H19N5O4/c29-21(20-15-32-23(27-20)28-22(30)19-13-24-10-11-25-19)26-12-16-6-8-18(9-7-16)31-14-17-4-2-1-3-5-17/h1-11,13,15H,12,14H2,(H,26,29)(H,27,28,30).